The smallest absolute Gasteiger partial charge is 0.152 e. The lowest BCUT2D eigenvalue weighted by molar-refractivity contribution is 0.399. The summed E-state index contributed by atoms with van der Waals surface area (Å²) in [7, 11) is 1.23. The molecule has 7 heteroatoms. The van der Waals surface area contributed by atoms with Crippen molar-refractivity contribution in [3.05, 3.63) is 17.0 Å². The Morgan fingerprint density at radius 2 is 2.10 bits per heavy atom. The zero-order chi connectivity index (χ0) is 15.6. The van der Waals surface area contributed by atoms with E-state index in [0.717, 1.165) is 31.0 Å². The van der Waals surface area contributed by atoms with Crippen LogP contribution in [0.5, 0.6) is 0 Å². The molecule has 0 aliphatic carbocycles. The molecule has 0 amide bonds. The predicted molar refractivity (Wildman–Crippen MR) is 84.3 cm³/mol. The van der Waals surface area contributed by atoms with E-state index < -0.39 is 9.84 Å². The second kappa shape index (κ2) is 6.46. The van der Waals surface area contributed by atoms with Crippen LogP contribution in [0.15, 0.2) is 0 Å². The number of rotatable bonds is 6. The summed E-state index contributed by atoms with van der Waals surface area (Å²) in [5.41, 5.74) is 3.28. The fourth-order valence-electron chi connectivity index (χ4n) is 2.79. The third-order valence-electron chi connectivity index (χ3n) is 4.07. The molecule has 1 aliphatic heterocycles. The molecule has 2 rings (SSSR count). The van der Waals surface area contributed by atoms with Gasteiger partial charge in [0.1, 0.15) is 0 Å². The van der Waals surface area contributed by atoms with Crippen molar-refractivity contribution in [3.8, 4) is 0 Å². The molecule has 0 spiro atoms. The maximum absolute atomic E-state index is 11.6. The average molecular weight is 314 g/mol. The van der Waals surface area contributed by atoms with Gasteiger partial charge in [-0.25, -0.2) is 8.42 Å². The van der Waals surface area contributed by atoms with Gasteiger partial charge < -0.3 is 10.2 Å². The highest BCUT2D eigenvalue weighted by Gasteiger charge is 2.31. The van der Waals surface area contributed by atoms with Crippen LogP contribution >= 0.6 is 0 Å². The molecule has 1 aromatic rings. The summed E-state index contributed by atoms with van der Waals surface area (Å²) < 4.78 is 25.2. The van der Waals surface area contributed by atoms with Gasteiger partial charge in [0.15, 0.2) is 9.84 Å². The molecule has 0 bridgehead atoms. The molecule has 0 radical (unpaired) electrons. The molecule has 2 heterocycles. The van der Waals surface area contributed by atoms with E-state index in [4.69, 9.17) is 0 Å². The normalized spacial score (nSPS) is 21.3. The number of likely N-dealkylation sites (N-methyl/N-ethyl adjacent to an activating group) is 1. The van der Waals surface area contributed by atoms with Crippen LogP contribution in [0, 0.1) is 13.8 Å². The van der Waals surface area contributed by atoms with Crippen LogP contribution in [0.2, 0.25) is 0 Å². The minimum absolute atomic E-state index is 0.00391. The summed E-state index contributed by atoms with van der Waals surface area (Å²) in [6.45, 7) is 6.73. The van der Waals surface area contributed by atoms with Gasteiger partial charge in [-0.2, -0.15) is 5.10 Å². The van der Waals surface area contributed by atoms with E-state index in [0.29, 0.717) is 6.42 Å². The van der Waals surface area contributed by atoms with Crippen LogP contribution in [0.1, 0.15) is 29.4 Å². The Bertz CT molecular complexity index is 592. The van der Waals surface area contributed by atoms with Crippen molar-refractivity contribution >= 4 is 9.84 Å². The molecule has 1 fully saturated rings. The third-order valence-corrected chi connectivity index (χ3v) is 5.82. The average Bonchev–Trinajstić information content (AvgIpc) is 2.87. The number of aryl methyl sites for hydroxylation is 1. The molecule has 21 heavy (non-hydrogen) atoms. The minimum atomic E-state index is -2.88. The van der Waals surface area contributed by atoms with Crippen molar-refractivity contribution in [2.24, 2.45) is 0 Å². The van der Waals surface area contributed by atoms with Gasteiger partial charge in [-0.05, 0) is 34.4 Å². The van der Waals surface area contributed by atoms with Gasteiger partial charge in [-0.15, -0.1) is 0 Å². The molecule has 1 aromatic heterocycles. The van der Waals surface area contributed by atoms with Crippen molar-refractivity contribution in [3.63, 3.8) is 0 Å². The Kier molecular flexibility index (Phi) is 5.06. The lowest BCUT2D eigenvalue weighted by atomic mass is 10.2. The Labute approximate surface area is 127 Å². The lowest BCUT2D eigenvalue weighted by Crippen LogP contribution is -2.26. The van der Waals surface area contributed by atoms with Crippen LogP contribution < -0.4 is 5.32 Å². The number of hydrogen-bond acceptors (Lipinski definition) is 5. The number of nitrogens with one attached hydrogen (secondary N) is 1. The summed E-state index contributed by atoms with van der Waals surface area (Å²) in [6.07, 6.45) is 0.678. The molecule has 0 aromatic carbocycles. The van der Waals surface area contributed by atoms with Crippen LogP contribution in [0.4, 0.5) is 0 Å². The zero-order valence-electron chi connectivity index (χ0n) is 13.4. The van der Waals surface area contributed by atoms with E-state index >= 15 is 0 Å². The molecule has 6 nitrogen and oxygen atoms in total. The SMILES string of the molecule is Cc1nn(C2CCS(=O)(=O)C2)c(C)c1CNCCN(C)C. The molecular formula is C14H26N4O2S. The van der Waals surface area contributed by atoms with Crippen molar-refractivity contribution < 1.29 is 8.42 Å². The van der Waals surface area contributed by atoms with Crippen molar-refractivity contribution in [1.29, 1.82) is 0 Å². The number of hydrogen-bond donors (Lipinski definition) is 1. The van der Waals surface area contributed by atoms with Crippen LogP contribution in [-0.4, -0.2) is 61.8 Å². The maximum Gasteiger partial charge on any atom is 0.152 e. The summed E-state index contributed by atoms with van der Waals surface area (Å²) in [6, 6.07) is 0.00391. The first-order valence-electron chi connectivity index (χ1n) is 7.40. The monoisotopic (exact) mass is 314 g/mol. The quantitative estimate of drug-likeness (QED) is 0.775. The topological polar surface area (TPSA) is 67.2 Å². The molecule has 1 atom stereocenters. The molecule has 1 saturated heterocycles. The Morgan fingerprint density at radius 1 is 1.38 bits per heavy atom. The Balaban J connectivity index is 2.04. The standard InChI is InChI=1S/C14H26N4O2S/c1-11-14(9-15-6-7-17(3)4)12(2)18(16-11)13-5-8-21(19,20)10-13/h13,15H,5-10H2,1-4H3. The molecular weight excluding hydrogens is 288 g/mol. The van der Waals surface area contributed by atoms with Gasteiger partial charge in [0, 0.05) is 30.9 Å². The summed E-state index contributed by atoms with van der Waals surface area (Å²) in [5, 5.41) is 7.99. The van der Waals surface area contributed by atoms with E-state index in [1.807, 2.05) is 18.5 Å². The van der Waals surface area contributed by atoms with Gasteiger partial charge in [0.2, 0.25) is 0 Å². The van der Waals surface area contributed by atoms with Crippen LogP contribution in [0.25, 0.3) is 0 Å². The first-order valence-corrected chi connectivity index (χ1v) is 9.23. The van der Waals surface area contributed by atoms with Crippen LogP contribution in [0.3, 0.4) is 0 Å². The lowest BCUT2D eigenvalue weighted by Gasteiger charge is -2.12. The predicted octanol–water partition coefficient (Wildman–Crippen LogP) is 0.511. The summed E-state index contributed by atoms with van der Waals surface area (Å²) >= 11 is 0. The van der Waals surface area contributed by atoms with Crippen molar-refractivity contribution in [2.75, 3.05) is 38.7 Å². The molecule has 120 valence electrons. The fraction of sp³-hybridized carbons (Fsp3) is 0.786. The zero-order valence-corrected chi connectivity index (χ0v) is 14.2. The van der Waals surface area contributed by atoms with E-state index in [1.54, 1.807) is 0 Å². The highest BCUT2D eigenvalue weighted by atomic mass is 32.2. The fourth-order valence-corrected chi connectivity index (χ4v) is 4.48. The van der Waals surface area contributed by atoms with Gasteiger partial charge >= 0.3 is 0 Å². The van der Waals surface area contributed by atoms with Gasteiger partial charge in [0.25, 0.3) is 0 Å². The molecule has 1 aliphatic rings. The molecule has 1 unspecified atom stereocenters. The minimum Gasteiger partial charge on any atom is -0.311 e. The van der Waals surface area contributed by atoms with Gasteiger partial charge in [-0.1, -0.05) is 0 Å². The van der Waals surface area contributed by atoms with Crippen LogP contribution in [-0.2, 0) is 16.4 Å². The van der Waals surface area contributed by atoms with E-state index in [1.165, 1.54) is 5.56 Å². The first kappa shape index (κ1) is 16.5. The van der Waals surface area contributed by atoms with Gasteiger partial charge in [-0.3, -0.25) is 4.68 Å². The maximum atomic E-state index is 11.6. The highest BCUT2D eigenvalue weighted by molar-refractivity contribution is 7.91. The first-order chi connectivity index (χ1) is 9.80. The van der Waals surface area contributed by atoms with E-state index in [-0.39, 0.29) is 17.5 Å². The van der Waals surface area contributed by atoms with Crippen molar-refractivity contribution in [2.45, 2.75) is 32.9 Å². The summed E-state index contributed by atoms with van der Waals surface area (Å²) in [4.78, 5) is 2.14. The largest absolute Gasteiger partial charge is 0.311 e. The third kappa shape index (κ3) is 4.05. The molecule has 0 saturated carbocycles. The Hall–Kier alpha value is -0.920. The molecule has 1 N–H and O–H groups in total. The highest BCUT2D eigenvalue weighted by Crippen LogP contribution is 2.26. The second-order valence-electron chi connectivity index (χ2n) is 6.13. The number of sulfone groups is 1. The summed E-state index contributed by atoms with van der Waals surface area (Å²) in [5.74, 6) is 0.509. The Morgan fingerprint density at radius 3 is 2.67 bits per heavy atom. The van der Waals surface area contributed by atoms with E-state index in [2.05, 4.69) is 29.4 Å². The van der Waals surface area contributed by atoms with Crippen molar-refractivity contribution in [1.82, 2.24) is 20.0 Å². The second-order valence-corrected chi connectivity index (χ2v) is 8.36. The van der Waals surface area contributed by atoms with Gasteiger partial charge in [0.05, 0.1) is 23.2 Å². The van der Waals surface area contributed by atoms with E-state index in [9.17, 15) is 8.42 Å². The number of nitrogens with zero attached hydrogens (tertiary/aromatic N) is 3. The number of aromatic nitrogens is 2.